The molecule has 0 spiro atoms. The summed E-state index contributed by atoms with van der Waals surface area (Å²) in [6.45, 7) is 0. The normalized spacial score (nSPS) is 12.0. The fourth-order valence-corrected chi connectivity index (χ4v) is 6.33. The summed E-state index contributed by atoms with van der Waals surface area (Å²) in [5.74, 6) is 0.860. The molecule has 0 unspecified atom stereocenters. The molecule has 0 atom stereocenters. The molecule has 8 aromatic rings. The Morgan fingerprint density at radius 3 is 2.49 bits per heavy atom. The van der Waals surface area contributed by atoms with Crippen molar-refractivity contribution in [2.24, 2.45) is 0 Å². The zero-order valence-electron chi connectivity index (χ0n) is 18.5. The minimum Gasteiger partial charge on any atom is -0.437 e. The zero-order chi connectivity index (χ0) is 22.9. The Kier molecular flexibility index (Phi) is 3.78. The van der Waals surface area contributed by atoms with Crippen molar-refractivity contribution in [1.82, 2.24) is 14.5 Å². The van der Waals surface area contributed by atoms with Gasteiger partial charge in [-0.1, -0.05) is 48.5 Å². The highest BCUT2D eigenvalue weighted by atomic mass is 32.1. The first-order valence-electron chi connectivity index (χ1n) is 11.5. The highest BCUT2D eigenvalue weighted by molar-refractivity contribution is 7.25. The van der Waals surface area contributed by atoms with Crippen molar-refractivity contribution in [3.8, 4) is 17.1 Å². The van der Waals surface area contributed by atoms with Gasteiger partial charge in [-0.2, -0.15) is 0 Å². The molecule has 164 valence electrons. The Balaban J connectivity index is 1.53. The lowest BCUT2D eigenvalue weighted by Gasteiger charge is -2.12. The molecule has 0 saturated carbocycles. The van der Waals surface area contributed by atoms with Crippen molar-refractivity contribution < 1.29 is 4.42 Å². The number of para-hydroxylation sites is 3. The summed E-state index contributed by atoms with van der Waals surface area (Å²) in [6.07, 6.45) is 1.77. The molecule has 0 amide bonds. The summed E-state index contributed by atoms with van der Waals surface area (Å²) in [4.78, 5) is 9.59. The number of nitrogens with zero attached hydrogens (tertiary/aromatic N) is 3. The van der Waals surface area contributed by atoms with E-state index >= 15 is 0 Å². The molecule has 0 aliphatic heterocycles. The molecule has 4 heterocycles. The van der Waals surface area contributed by atoms with Crippen LogP contribution in [0, 0.1) is 0 Å². The van der Waals surface area contributed by atoms with E-state index in [1.54, 1.807) is 6.20 Å². The molecular formula is C30H17N3OS. The standard InChI is InChI=1S/C30H17N3OS/c1-4-15-25-20(8-1)27-24(14-6-16-26(27)35-25)33-23-13-3-2-12-22(23)32-29(33)21-10-5-9-18-19-11-7-17-31-30(19)34-28(18)21/h1-17H. The predicted molar refractivity (Wildman–Crippen MR) is 144 cm³/mol. The number of hydrogen-bond donors (Lipinski definition) is 0. The first-order valence-corrected chi connectivity index (χ1v) is 12.3. The predicted octanol–water partition coefficient (Wildman–Crippen LogP) is 8.35. The maximum absolute atomic E-state index is 6.31. The van der Waals surface area contributed by atoms with E-state index in [0.717, 1.165) is 44.5 Å². The second-order valence-corrected chi connectivity index (χ2v) is 9.73. The number of pyridine rings is 1. The summed E-state index contributed by atoms with van der Waals surface area (Å²) >= 11 is 1.83. The van der Waals surface area contributed by atoms with Crippen molar-refractivity contribution in [3.05, 3.63) is 103 Å². The quantitative estimate of drug-likeness (QED) is 0.257. The van der Waals surface area contributed by atoms with Gasteiger partial charge in [0.2, 0.25) is 5.71 Å². The number of furan rings is 1. The van der Waals surface area contributed by atoms with E-state index in [9.17, 15) is 0 Å². The minimum absolute atomic E-state index is 0.642. The highest BCUT2D eigenvalue weighted by Crippen LogP contribution is 2.41. The Morgan fingerprint density at radius 2 is 1.49 bits per heavy atom. The molecule has 4 aromatic heterocycles. The largest absolute Gasteiger partial charge is 0.437 e. The van der Waals surface area contributed by atoms with E-state index in [0.29, 0.717) is 5.71 Å². The van der Waals surface area contributed by atoms with Gasteiger partial charge >= 0.3 is 0 Å². The fourth-order valence-electron chi connectivity index (χ4n) is 5.20. The minimum atomic E-state index is 0.642. The number of benzene rings is 4. The van der Waals surface area contributed by atoms with Crippen LogP contribution in [0.25, 0.3) is 70.3 Å². The van der Waals surface area contributed by atoms with Crippen LogP contribution >= 0.6 is 11.3 Å². The molecule has 8 rings (SSSR count). The van der Waals surface area contributed by atoms with Gasteiger partial charge in [0, 0.05) is 37.1 Å². The van der Waals surface area contributed by atoms with Crippen LogP contribution in [0.5, 0.6) is 0 Å². The topological polar surface area (TPSA) is 43.9 Å². The fraction of sp³-hybridized carbons (Fsp3) is 0. The van der Waals surface area contributed by atoms with Gasteiger partial charge in [0.25, 0.3) is 0 Å². The van der Waals surface area contributed by atoms with Gasteiger partial charge in [-0.25, -0.2) is 9.97 Å². The molecule has 0 N–H and O–H groups in total. The molecule has 0 aliphatic rings. The maximum Gasteiger partial charge on any atom is 0.227 e. The van der Waals surface area contributed by atoms with Gasteiger partial charge < -0.3 is 4.42 Å². The van der Waals surface area contributed by atoms with Gasteiger partial charge in [0.15, 0.2) is 0 Å². The van der Waals surface area contributed by atoms with Crippen LogP contribution < -0.4 is 0 Å². The number of imidazole rings is 1. The first-order chi connectivity index (χ1) is 17.4. The number of hydrogen-bond acceptors (Lipinski definition) is 4. The third-order valence-corrected chi connectivity index (χ3v) is 7.83. The SMILES string of the molecule is c1ccc2c(c1)nc(-c1cccc3c1oc1ncccc13)n2-c1cccc2sc3ccccc3c12. The molecule has 4 nitrogen and oxygen atoms in total. The smallest absolute Gasteiger partial charge is 0.227 e. The molecule has 0 fully saturated rings. The number of aromatic nitrogens is 3. The van der Waals surface area contributed by atoms with E-state index in [-0.39, 0.29) is 0 Å². The molecule has 35 heavy (non-hydrogen) atoms. The van der Waals surface area contributed by atoms with Crippen LogP contribution in [0.1, 0.15) is 0 Å². The second-order valence-electron chi connectivity index (χ2n) is 8.65. The lowest BCUT2D eigenvalue weighted by molar-refractivity contribution is 0.654. The van der Waals surface area contributed by atoms with Gasteiger partial charge in [0.05, 0.1) is 22.3 Å². The Hall–Kier alpha value is -4.48. The highest BCUT2D eigenvalue weighted by Gasteiger charge is 2.21. The monoisotopic (exact) mass is 467 g/mol. The van der Waals surface area contributed by atoms with E-state index in [1.807, 2.05) is 23.5 Å². The van der Waals surface area contributed by atoms with Gasteiger partial charge in [0.1, 0.15) is 11.4 Å². The average Bonchev–Trinajstić information content (AvgIpc) is 3.59. The van der Waals surface area contributed by atoms with Crippen LogP contribution in [0.2, 0.25) is 0 Å². The lowest BCUT2D eigenvalue weighted by atomic mass is 10.1. The van der Waals surface area contributed by atoms with E-state index in [1.165, 1.54) is 20.2 Å². The van der Waals surface area contributed by atoms with E-state index in [4.69, 9.17) is 9.40 Å². The first kappa shape index (κ1) is 18.9. The summed E-state index contributed by atoms with van der Waals surface area (Å²) in [6, 6.07) is 33.7. The van der Waals surface area contributed by atoms with Crippen LogP contribution in [-0.4, -0.2) is 14.5 Å². The molecule has 4 aromatic carbocycles. The third-order valence-electron chi connectivity index (χ3n) is 6.70. The maximum atomic E-state index is 6.31. The summed E-state index contributed by atoms with van der Waals surface area (Å²) in [5.41, 5.74) is 5.54. The van der Waals surface area contributed by atoms with Gasteiger partial charge in [-0.3, -0.25) is 4.57 Å². The molecule has 0 bridgehead atoms. The van der Waals surface area contributed by atoms with E-state index in [2.05, 4.69) is 94.5 Å². The zero-order valence-corrected chi connectivity index (χ0v) is 19.3. The van der Waals surface area contributed by atoms with E-state index < -0.39 is 0 Å². The number of rotatable bonds is 2. The molecule has 0 saturated heterocycles. The van der Waals surface area contributed by atoms with Gasteiger partial charge in [-0.15, -0.1) is 11.3 Å². The van der Waals surface area contributed by atoms with Crippen LogP contribution in [0.4, 0.5) is 0 Å². The van der Waals surface area contributed by atoms with Crippen molar-refractivity contribution >= 4 is 64.6 Å². The summed E-state index contributed by atoms with van der Waals surface area (Å²) < 4.78 is 11.1. The van der Waals surface area contributed by atoms with Crippen LogP contribution in [0.15, 0.2) is 108 Å². The Morgan fingerprint density at radius 1 is 0.686 bits per heavy atom. The average molecular weight is 468 g/mol. The van der Waals surface area contributed by atoms with Crippen LogP contribution in [-0.2, 0) is 0 Å². The molecular weight excluding hydrogens is 450 g/mol. The third kappa shape index (κ3) is 2.61. The van der Waals surface area contributed by atoms with Crippen LogP contribution in [0.3, 0.4) is 0 Å². The Labute approximate surface area is 203 Å². The van der Waals surface area contributed by atoms with Gasteiger partial charge in [-0.05, 0) is 48.5 Å². The van der Waals surface area contributed by atoms with Crippen molar-refractivity contribution in [2.75, 3.05) is 0 Å². The summed E-state index contributed by atoms with van der Waals surface area (Å²) in [7, 11) is 0. The van der Waals surface area contributed by atoms with Crippen molar-refractivity contribution in [2.45, 2.75) is 0 Å². The number of thiophene rings is 1. The Bertz CT molecular complexity index is 2080. The molecule has 0 aliphatic carbocycles. The molecule has 0 radical (unpaired) electrons. The number of fused-ring (bicyclic) bond motifs is 7. The van der Waals surface area contributed by atoms with Crippen molar-refractivity contribution in [1.29, 1.82) is 0 Å². The lowest BCUT2D eigenvalue weighted by Crippen LogP contribution is -1.98. The second kappa shape index (κ2) is 7.01. The van der Waals surface area contributed by atoms with Crippen molar-refractivity contribution in [3.63, 3.8) is 0 Å². The molecule has 5 heteroatoms. The summed E-state index contributed by atoms with van der Waals surface area (Å²) in [5, 5.41) is 4.57.